The van der Waals surface area contributed by atoms with Crippen molar-refractivity contribution in [1.29, 1.82) is 0 Å². The zero-order valence-corrected chi connectivity index (χ0v) is 22.6. The van der Waals surface area contributed by atoms with Crippen LogP contribution in [-0.4, -0.2) is 47.4 Å². The molecule has 0 radical (unpaired) electrons. The van der Waals surface area contributed by atoms with Gasteiger partial charge in [-0.2, -0.15) is 0 Å². The van der Waals surface area contributed by atoms with Gasteiger partial charge in [0.1, 0.15) is 5.69 Å². The fourth-order valence-electron chi connectivity index (χ4n) is 5.09. The van der Waals surface area contributed by atoms with Crippen molar-refractivity contribution >= 4 is 40.3 Å². The minimum absolute atomic E-state index is 0.0856. The molecule has 0 unspecified atom stereocenters. The van der Waals surface area contributed by atoms with Gasteiger partial charge in [-0.25, -0.2) is 0 Å². The van der Waals surface area contributed by atoms with Gasteiger partial charge in [-0.3, -0.25) is 9.59 Å². The Kier molecular flexibility index (Phi) is 7.12. The van der Waals surface area contributed by atoms with Crippen LogP contribution >= 0.6 is 11.3 Å². The number of aromatic amines is 1. The molecule has 1 saturated heterocycles. The summed E-state index contributed by atoms with van der Waals surface area (Å²) in [6.45, 7) is 4.86. The monoisotopic (exact) mass is 542 g/mol. The van der Waals surface area contributed by atoms with Gasteiger partial charge in [0, 0.05) is 35.4 Å². The van der Waals surface area contributed by atoms with Crippen LogP contribution < -0.4 is 21.1 Å². The van der Waals surface area contributed by atoms with Crippen LogP contribution in [-0.2, 0) is 17.6 Å². The quantitative estimate of drug-likeness (QED) is 0.317. The van der Waals surface area contributed by atoms with Crippen LogP contribution in [0, 0.1) is 6.92 Å². The molecule has 4 aromatic rings. The van der Waals surface area contributed by atoms with Gasteiger partial charge in [0.05, 0.1) is 18.1 Å². The second-order valence-corrected chi connectivity index (χ2v) is 11.0. The van der Waals surface area contributed by atoms with E-state index in [1.807, 2.05) is 43.3 Å². The van der Waals surface area contributed by atoms with E-state index < -0.39 is 0 Å². The summed E-state index contributed by atoms with van der Waals surface area (Å²) in [6.07, 6.45) is 6.18. The van der Waals surface area contributed by atoms with Crippen LogP contribution in [0.4, 0.5) is 23.0 Å². The van der Waals surface area contributed by atoms with Crippen molar-refractivity contribution in [2.24, 2.45) is 0 Å². The Morgan fingerprint density at radius 2 is 1.90 bits per heavy atom. The molecule has 1 fully saturated rings. The summed E-state index contributed by atoms with van der Waals surface area (Å²) in [4.78, 5) is 32.7. The normalized spacial score (nSPS) is 15.1. The summed E-state index contributed by atoms with van der Waals surface area (Å²) in [7, 11) is 0. The van der Waals surface area contributed by atoms with Gasteiger partial charge in [0.25, 0.3) is 11.5 Å². The first-order valence-electron chi connectivity index (χ1n) is 13.2. The molecule has 4 heterocycles. The zero-order valence-electron chi connectivity index (χ0n) is 21.8. The lowest BCUT2D eigenvalue weighted by molar-refractivity contribution is 0.103. The number of nitrogens with zero attached hydrogens (tertiary/aromatic N) is 3. The van der Waals surface area contributed by atoms with Gasteiger partial charge in [0.15, 0.2) is 11.6 Å². The molecule has 0 atom stereocenters. The van der Waals surface area contributed by atoms with Crippen LogP contribution in [0.5, 0.6) is 0 Å². The lowest BCUT2D eigenvalue weighted by Crippen LogP contribution is -2.36. The van der Waals surface area contributed by atoms with E-state index in [9.17, 15) is 9.59 Å². The van der Waals surface area contributed by atoms with Crippen molar-refractivity contribution in [3.05, 3.63) is 79.9 Å². The van der Waals surface area contributed by atoms with E-state index in [0.29, 0.717) is 24.7 Å². The van der Waals surface area contributed by atoms with Gasteiger partial charge < -0.3 is 25.3 Å². The molecular formula is C29H30N6O3S. The number of benzene rings is 1. The summed E-state index contributed by atoms with van der Waals surface area (Å²) < 4.78 is 5.39. The number of morpholine rings is 1. The van der Waals surface area contributed by atoms with Gasteiger partial charge in [0.2, 0.25) is 0 Å². The number of amides is 1. The van der Waals surface area contributed by atoms with Gasteiger partial charge in [-0.05, 0) is 79.6 Å². The van der Waals surface area contributed by atoms with Gasteiger partial charge in [-0.15, -0.1) is 21.5 Å². The van der Waals surface area contributed by atoms with Crippen molar-refractivity contribution in [2.45, 2.75) is 32.6 Å². The van der Waals surface area contributed by atoms with E-state index in [2.05, 4.69) is 30.7 Å². The van der Waals surface area contributed by atoms with Crippen LogP contribution in [0.2, 0.25) is 0 Å². The van der Waals surface area contributed by atoms with E-state index in [0.717, 1.165) is 59.0 Å². The highest BCUT2D eigenvalue weighted by atomic mass is 32.1. The van der Waals surface area contributed by atoms with Crippen LogP contribution in [0.15, 0.2) is 53.5 Å². The number of aryl methyl sites for hydroxylation is 2. The molecule has 10 heteroatoms. The number of hydrogen-bond acceptors (Lipinski definition) is 8. The molecule has 1 aromatic carbocycles. The molecule has 0 bridgehead atoms. The maximum absolute atomic E-state index is 13.1. The predicted octanol–water partition coefficient (Wildman–Crippen LogP) is 4.91. The summed E-state index contributed by atoms with van der Waals surface area (Å²) in [6, 6.07) is 13.3. The number of rotatable bonds is 6. The maximum atomic E-state index is 13.1. The molecule has 0 spiro atoms. The Labute approximate surface area is 230 Å². The maximum Gasteiger partial charge on any atom is 0.271 e. The van der Waals surface area contributed by atoms with E-state index in [1.54, 1.807) is 23.6 Å². The Balaban J connectivity index is 1.20. The van der Waals surface area contributed by atoms with E-state index in [1.165, 1.54) is 23.3 Å². The number of carbonyl (C=O) groups is 1. The molecule has 3 N–H and O–H groups in total. The molecule has 39 heavy (non-hydrogen) atoms. The van der Waals surface area contributed by atoms with Gasteiger partial charge >= 0.3 is 0 Å². The Hall–Kier alpha value is -4.02. The number of thiophene rings is 1. The molecule has 1 aliphatic carbocycles. The first-order chi connectivity index (χ1) is 19.0. The highest BCUT2D eigenvalue weighted by molar-refractivity contribution is 7.14. The minimum Gasteiger partial charge on any atom is -0.378 e. The highest BCUT2D eigenvalue weighted by Crippen LogP contribution is 2.32. The third-order valence-electron chi connectivity index (χ3n) is 7.26. The van der Waals surface area contributed by atoms with Crippen molar-refractivity contribution in [3.8, 4) is 11.1 Å². The number of carbonyl (C=O) groups excluding carboxylic acids is 1. The van der Waals surface area contributed by atoms with E-state index >= 15 is 0 Å². The summed E-state index contributed by atoms with van der Waals surface area (Å²) >= 11 is 1.60. The Morgan fingerprint density at radius 3 is 2.69 bits per heavy atom. The van der Waals surface area contributed by atoms with Crippen LogP contribution in [0.3, 0.4) is 0 Å². The first kappa shape index (κ1) is 25.3. The number of ether oxygens (including phenoxy) is 1. The standard InChI is InChI=1S/C29H30N6O3S/c1-18-21(6-4-7-22(18)32-29(37)25-16-19-5-2-3-8-24(19)39-25)20-15-23(28(36)30-17-20)31-26-9-10-27(34-33-26)35-11-13-38-14-12-35/h4,6-7,9-10,15-17H,2-3,5,8,11-14H2,1H3,(H,30,36)(H,31,33)(H,32,37). The number of anilines is 4. The number of hydrogen-bond donors (Lipinski definition) is 3. The number of nitrogens with one attached hydrogen (secondary N) is 3. The lowest BCUT2D eigenvalue weighted by Gasteiger charge is -2.27. The fraction of sp³-hybridized carbons (Fsp3) is 0.310. The summed E-state index contributed by atoms with van der Waals surface area (Å²) in [5.41, 5.74) is 4.80. The molecule has 3 aromatic heterocycles. The van der Waals surface area contributed by atoms with Crippen molar-refractivity contribution in [1.82, 2.24) is 15.2 Å². The minimum atomic E-state index is -0.262. The van der Waals surface area contributed by atoms with Gasteiger partial charge in [-0.1, -0.05) is 12.1 Å². The molecule has 2 aliphatic rings. The summed E-state index contributed by atoms with van der Waals surface area (Å²) in [5.74, 6) is 1.17. The molecule has 200 valence electrons. The number of fused-ring (bicyclic) bond motifs is 1. The van der Waals surface area contributed by atoms with E-state index in [4.69, 9.17) is 4.74 Å². The number of H-pyrrole nitrogens is 1. The molecule has 1 aliphatic heterocycles. The second-order valence-electron chi connectivity index (χ2n) is 9.83. The molecule has 0 saturated carbocycles. The summed E-state index contributed by atoms with van der Waals surface area (Å²) in [5, 5.41) is 14.8. The van der Waals surface area contributed by atoms with Crippen molar-refractivity contribution in [3.63, 3.8) is 0 Å². The third-order valence-corrected chi connectivity index (χ3v) is 8.50. The zero-order chi connectivity index (χ0) is 26.8. The third kappa shape index (κ3) is 5.43. The molecule has 6 rings (SSSR count). The molecule has 9 nitrogen and oxygen atoms in total. The topological polar surface area (TPSA) is 112 Å². The van der Waals surface area contributed by atoms with Crippen LogP contribution in [0.1, 0.15) is 38.5 Å². The second kappa shape index (κ2) is 11.0. The Bertz CT molecular complexity index is 1530. The average molecular weight is 543 g/mol. The largest absolute Gasteiger partial charge is 0.378 e. The fourth-order valence-corrected chi connectivity index (χ4v) is 6.24. The van der Waals surface area contributed by atoms with E-state index in [-0.39, 0.29) is 11.5 Å². The SMILES string of the molecule is Cc1c(NC(=O)c2cc3c(s2)CCCC3)cccc1-c1c[nH]c(=O)c(Nc2ccc(N3CCOCC3)nn2)c1. The van der Waals surface area contributed by atoms with Crippen molar-refractivity contribution < 1.29 is 9.53 Å². The lowest BCUT2D eigenvalue weighted by atomic mass is 9.99. The highest BCUT2D eigenvalue weighted by Gasteiger charge is 2.19. The van der Waals surface area contributed by atoms with Crippen LogP contribution in [0.25, 0.3) is 11.1 Å². The van der Waals surface area contributed by atoms with Crippen molar-refractivity contribution in [2.75, 3.05) is 41.8 Å². The Morgan fingerprint density at radius 1 is 1.05 bits per heavy atom. The molecular weight excluding hydrogens is 512 g/mol. The number of pyridine rings is 1. The average Bonchev–Trinajstić information content (AvgIpc) is 3.41. The smallest absolute Gasteiger partial charge is 0.271 e. The predicted molar refractivity (Wildman–Crippen MR) is 154 cm³/mol. The molecule has 1 amide bonds. The first-order valence-corrected chi connectivity index (χ1v) is 14.1. The number of aromatic nitrogens is 3.